The summed E-state index contributed by atoms with van der Waals surface area (Å²) in [6.07, 6.45) is 6.17. The molecule has 2 heteroatoms. The van der Waals surface area contributed by atoms with Crippen molar-refractivity contribution < 1.29 is 4.42 Å². The molecule has 1 N–H and O–H groups in total. The maximum Gasteiger partial charge on any atom is 0.134 e. The minimum atomic E-state index is 0.342. The number of benzene rings is 1. The molecule has 1 aromatic heterocycles. The van der Waals surface area contributed by atoms with Crippen molar-refractivity contribution in [3.05, 3.63) is 36.1 Å². The van der Waals surface area contributed by atoms with Gasteiger partial charge in [0.2, 0.25) is 0 Å². The number of unbranched alkanes of at least 4 members (excludes halogenated alkanes) is 1. The van der Waals surface area contributed by atoms with Gasteiger partial charge in [-0.25, -0.2) is 0 Å². The number of hydrogen-bond donors (Lipinski definition) is 1. The highest BCUT2D eigenvalue weighted by atomic mass is 16.3. The summed E-state index contributed by atoms with van der Waals surface area (Å²) in [6.45, 7) is 7.83. The lowest BCUT2D eigenvalue weighted by atomic mass is 9.89. The van der Waals surface area contributed by atoms with Crippen LogP contribution in [0.4, 0.5) is 0 Å². The van der Waals surface area contributed by atoms with Crippen LogP contribution in [0.25, 0.3) is 11.0 Å². The molecule has 0 saturated carbocycles. The summed E-state index contributed by atoms with van der Waals surface area (Å²) in [5, 5.41) is 4.92. The quantitative estimate of drug-likeness (QED) is 0.641. The van der Waals surface area contributed by atoms with Crippen molar-refractivity contribution in [3.8, 4) is 0 Å². The summed E-state index contributed by atoms with van der Waals surface area (Å²) in [7, 11) is 0. The highest BCUT2D eigenvalue weighted by molar-refractivity contribution is 5.77. The number of nitrogens with one attached hydrogen (secondary N) is 1. The van der Waals surface area contributed by atoms with E-state index in [2.05, 4.69) is 50.4 Å². The van der Waals surface area contributed by atoms with E-state index in [-0.39, 0.29) is 0 Å². The minimum Gasteiger partial charge on any atom is -0.459 e. The molecule has 0 radical (unpaired) electrons. The lowest BCUT2D eigenvalue weighted by Gasteiger charge is -2.25. The third kappa shape index (κ3) is 4.10. The molecule has 2 nitrogen and oxygen atoms in total. The van der Waals surface area contributed by atoms with Gasteiger partial charge < -0.3 is 9.73 Å². The number of furan rings is 1. The van der Waals surface area contributed by atoms with Crippen LogP contribution >= 0.6 is 0 Å². The van der Waals surface area contributed by atoms with Crippen LogP contribution in [-0.4, -0.2) is 6.54 Å². The van der Waals surface area contributed by atoms with Crippen LogP contribution in [0.15, 0.2) is 34.7 Å². The third-order valence-corrected chi connectivity index (χ3v) is 4.29. The molecule has 1 heterocycles. The predicted octanol–water partition coefficient (Wildman–Crippen LogP) is 5.69. The second-order valence-corrected chi connectivity index (χ2v) is 5.93. The van der Waals surface area contributed by atoms with Crippen LogP contribution in [0, 0.1) is 5.92 Å². The van der Waals surface area contributed by atoms with Gasteiger partial charge in [-0.05, 0) is 37.4 Å². The van der Waals surface area contributed by atoms with Crippen molar-refractivity contribution in [1.29, 1.82) is 0 Å². The van der Waals surface area contributed by atoms with Crippen LogP contribution in [0.5, 0.6) is 0 Å². The zero-order valence-electron chi connectivity index (χ0n) is 13.7. The van der Waals surface area contributed by atoms with E-state index in [1.807, 2.05) is 6.07 Å². The van der Waals surface area contributed by atoms with Crippen molar-refractivity contribution in [2.75, 3.05) is 6.54 Å². The fourth-order valence-electron chi connectivity index (χ4n) is 3.03. The van der Waals surface area contributed by atoms with E-state index in [1.165, 1.54) is 31.1 Å². The number of fused-ring (bicyclic) bond motifs is 1. The molecule has 0 aliphatic rings. The van der Waals surface area contributed by atoms with Gasteiger partial charge >= 0.3 is 0 Å². The van der Waals surface area contributed by atoms with Crippen LogP contribution in [0.1, 0.15) is 64.7 Å². The minimum absolute atomic E-state index is 0.342. The maximum absolute atomic E-state index is 6.13. The van der Waals surface area contributed by atoms with Gasteiger partial charge in [-0.1, -0.05) is 58.2 Å². The molecule has 0 spiro atoms. The first-order valence-electron chi connectivity index (χ1n) is 8.52. The molecule has 2 atom stereocenters. The smallest absolute Gasteiger partial charge is 0.134 e. The average molecular weight is 287 g/mol. The van der Waals surface area contributed by atoms with E-state index in [0.29, 0.717) is 12.0 Å². The molecular formula is C19H29NO. The van der Waals surface area contributed by atoms with Crippen molar-refractivity contribution in [1.82, 2.24) is 5.32 Å². The van der Waals surface area contributed by atoms with Gasteiger partial charge in [0.15, 0.2) is 0 Å². The van der Waals surface area contributed by atoms with Gasteiger partial charge in [0, 0.05) is 5.39 Å². The molecule has 0 amide bonds. The van der Waals surface area contributed by atoms with Crippen molar-refractivity contribution in [3.63, 3.8) is 0 Å². The summed E-state index contributed by atoms with van der Waals surface area (Å²) >= 11 is 0. The van der Waals surface area contributed by atoms with E-state index in [9.17, 15) is 0 Å². The Morgan fingerprint density at radius 3 is 2.57 bits per heavy atom. The first-order valence-corrected chi connectivity index (χ1v) is 8.52. The second kappa shape index (κ2) is 8.23. The van der Waals surface area contributed by atoms with Gasteiger partial charge in [0.25, 0.3) is 0 Å². The molecule has 0 aliphatic carbocycles. The Kier molecular flexibility index (Phi) is 6.31. The highest BCUT2D eigenvalue weighted by Crippen LogP contribution is 2.32. The number of rotatable bonds is 9. The van der Waals surface area contributed by atoms with Gasteiger partial charge in [-0.2, -0.15) is 0 Å². The predicted molar refractivity (Wildman–Crippen MR) is 90.6 cm³/mol. The van der Waals surface area contributed by atoms with Gasteiger partial charge in [-0.15, -0.1) is 0 Å². The van der Waals surface area contributed by atoms with Gasteiger partial charge in [-0.3, -0.25) is 0 Å². The van der Waals surface area contributed by atoms with Crippen LogP contribution < -0.4 is 5.32 Å². The topological polar surface area (TPSA) is 25.2 Å². The SMILES string of the molecule is CCCCC(CC)C(NCCC)c1cc2ccccc2o1. The molecule has 2 unspecified atom stereocenters. The Balaban J connectivity index is 2.24. The Bertz CT molecular complexity index is 498. The zero-order valence-corrected chi connectivity index (χ0v) is 13.7. The summed E-state index contributed by atoms with van der Waals surface area (Å²) in [5.74, 6) is 1.75. The lowest BCUT2D eigenvalue weighted by Crippen LogP contribution is -2.28. The Hall–Kier alpha value is -1.28. The maximum atomic E-state index is 6.13. The molecule has 21 heavy (non-hydrogen) atoms. The summed E-state index contributed by atoms with van der Waals surface area (Å²) in [6, 6.07) is 10.9. The van der Waals surface area contributed by atoms with Crippen molar-refractivity contribution in [2.45, 2.75) is 58.9 Å². The Morgan fingerprint density at radius 2 is 1.90 bits per heavy atom. The first-order chi connectivity index (χ1) is 10.3. The summed E-state index contributed by atoms with van der Waals surface area (Å²) in [4.78, 5) is 0. The van der Waals surface area contributed by atoms with Gasteiger partial charge in [0.05, 0.1) is 6.04 Å². The summed E-state index contributed by atoms with van der Waals surface area (Å²) in [5.41, 5.74) is 1.00. The number of hydrogen-bond acceptors (Lipinski definition) is 2. The molecule has 0 aliphatic heterocycles. The number of para-hydroxylation sites is 1. The fourth-order valence-corrected chi connectivity index (χ4v) is 3.03. The Labute approximate surface area is 128 Å². The Morgan fingerprint density at radius 1 is 1.10 bits per heavy atom. The monoisotopic (exact) mass is 287 g/mol. The van der Waals surface area contributed by atoms with E-state index in [1.54, 1.807) is 0 Å². The molecule has 0 fully saturated rings. The van der Waals surface area contributed by atoms with E-state index in [0.717, 1.165) is 24.3 Å². The van der Waals surface area contributed by atoms with Crippen LogP contribution in [0.2, 0.25) is 0 Å². The molecule has 0 bridgehead atoms. The standard InChI is InChI=1S/C19H29NO/c1-4-7-10-15(6-3)19(20-13-5-2)18-14-16-11-8-9-12-17(16)21-18/h8-9,11-12,14-15,19-20H,4-7,10,13H2,1-3H3. The average Bonchev–Trinajstić information content (AvgIpc) is 2.94. The van der Waals surface area contributed by atoms with E-state index < -0.39 is 0 Å². The highest BCUT2D eigenvalue weighted by Gasteiger charge is 2.24. The molecule has 116 valence electrons. The largest absolute Gasteiger partial charge is 0.459 e. The van der Waals surface area contributed by atoms with E-state index in [4.69, 9.17) is 4.42 Å². The fraction of sp³-hybridized carbons (Fsp3) is 0.579. The normalized spacial score (nSPS) is 14.4. The molecular weight excluding hydrogens is 258 g/mol. The molecule has 2 rings (SSSR count). The van der Waals surface area contributed by atoms with Crippen molar-refractivity contribution >= 4 is 11.0 Å². The first kappa shape index (κ1) is 16.1. The summed E-state index contributed by atoms with van der Waals surface area (Å²) < 4.78 is 6.13. The lowest BCUT2D eigenvalue weighted by molar-refractivity contribution is 0.287. The molecule has 1 aromatic carbocycles. The van der Waals surface area contributed by atoms with Crippen LogP contribution in [0.3, 0.4) is 0 Å². The molecule has 0 saturated heterocycles. The van der Waals surface area contributed by atoms with Crippen LogP contribution in [-0.2, 0) is 0 Å². The second-order valence-electron chi connectivity index (χ2n) is 5.93. The van der Waals surface area contributed by atoms with Crippen molar-refractivity contribution in [2.24, 2.45) is 5.92 Å². The molecule has 2 aromatic rings. The van der Waals surface area contributed by atoms with E-state index >= 15 is 0 Å². The van der Waals surface area contributed by atoms with Gasteiger partial charge in [0.1, 0.15) is 11.3 Å². The third-order valence-electron chi connectivity index (χ3n) is 4.29. The zero-order chi connectivity index (χ0) is 15.1.